The molecular weight excluding hydrogens is 475 g/mol. The first kappa shape index (κ1) is 24.8. The van der Waals surface area contributed by atoms with E-state index in [-0.39, 0.29) is 41.5 Å². The van der Waals surface area contributed by atoms with Crippen LogP contribution < -0.4 is 4.90 Å². The number of Topliss-reactive ketones (excluding diaryl/α,β-unsaturated/α-hetero) is 1. The molecule has 2 aromatic rings. The molecule has 1 aromatic heterocycles. The van der Waals surface area contributed by atoms with Crippen molar-refractivity contribution >= 4 is 17.5 Å². The van der Waals surface area contributed by atoms with Crippen molar-refractivity contribution in [1.82, 2.24) is 19.6 Å². The van der Waals surface area contributed by atoms with Crippen molar-refractivity contribution in [1.29, 1.82) is 0 Å². The number of morpholine rings is 1. The number of amides is 1. The number of ketones is 1. The summed E-state index contributed by atoms with van der Waals surface area (Å²) in [6.07, 6.45) is -2.61. The third-order valence-corrected chi connectivity index (χ3v) is 7.39. The molecule has 0 aliphatic carbocycles. The SMILES string of the molecule is CCC(=O)c1ccn(C(=O)N2CC3CN(Cc4ccc(N5CCOCC5)cc4C(F)(F)F)CC3C2)n1. The number of anilines is 1. The summed E-state index contributed by atoms with van der Waals surface area (Å²) >= 11 is 0. The van der Waals surface area contributed by atoms with E-state index in [0.29, 0.717) is 64.6 Å². The maximum Gasteiger partial charge on any atom is 0.416 e. The lowest BCUT2D eigenvalue weighted by Crippen LogP contribution is -2.36. The highest BCUT2D eigenvalue weighted by molar-refractivity contribution is 5.94. The molecule has 2 unspecified atom stereocenters. The number of fused-ring (bicyclic) bond motifs is 1. The van der Waals surface area contributed by atoms with E-state index in [9.17, 15) is 22.8 Å². The van der Waals surface area contributed by atoms with Crippen LogP contribution in [-0.4, -0.2) is 83.9 Å². The molecule has 3 aliphatic heterocycles. The molecule has 5 rings (SSSR count). The van der Waals surface area contributed by atoms with Crippen LogP contribution in [0.2, 0.25) is 0 Å². The molecule has 0 bridgehead atoms. The van der Waals surface area contributed by atoms with Crippen molar-refractivity contribution < 1.29 is 27.5 Å². The predicted octanol–water partition coefficient (Wildman–Crippen LogP) is 3.36. The summed E-state index contributed by atoms with van der Waals surface area (Å²) in [5.74, 6) is 0.276. The number of benzene rings is 1. The Morgan fingerprint density at radius 3 is 2.39 bits per heavy atom. The fourth-order valence-corrected chi connectivity index (χ4v) is 5.51. The number of likely N-dealkylation sites (tertiary alicyclic amines) is 2. The van der Waals surface area contributed by atoms with Crippen LogP contribution in [0.3, 0.4) is 0 Å². The molecule has 11 heteroatoms. The van der Waals surface area contributed by atoms with Gasteiger partial charge in [0.15, 0.2) is 5.78 Å². The van der Waals surface area contributed by atoms with Crippen molar-refractivity contribution in [3.05, 3.63) is 47.3 Å². The lowest BCUT2D eigenvalue weighted by atomic mass is 10.0. The monoisotopic (exact) mass is 505 g/mol. The largest absolute Gasteiger partial charge is 0.416 e. The average Bonchev–Trinajstić information content (AvgIpc) is 3.59. The molecular formula is C25H30F3N5O3. The van der Waals surface area contributed by atoms with E-state index in [4.69, 9.17) is 4.74 Å². The van der Waals surface area contributed by atoms with Crippen molar-refractivity contribution in [2.75, 3.05) is 57.4 Å². The van der Waals surface area contributed by atoms with Gasteiger partial charge >= 0.3 is 12.2 Å². The zero-order valence-corrected chi connectivity index (χ0v) is 20.2. The lowest BCUT2D eigenvalue weighted by Gasteiger charge is -2.30. The fraction of sp³-hybridized carbons (Fsp3) is 0.560. The molecule has 36 heavy (non-hydrogen) atoms. The molecule has 0 N–H and O–H groups in total. The van der Waals surface area contributed by atoms with Gasteiger partial charge in [0, 0.05) is 64.1 Å². The summed E-state index contributed by atoms with van der Waals surface area (Å²) in [6.45, 7) is 6.47. The van der Waals surface area contributed by atoms with Gasteiger partial charge in [-0.2, -0.15) is 23.0 Å². The Kier molecular flexibility index (Phi) is 6.78. The van der Waals surface area contributed by atoms with E-state index in [0.717, 1.165) is 0 Å². The van der Waals surface area contributed by atoms with E-state index in [1.54, 1.807) is 30.0 Å². The average molecular weight is 506 g/mol. The summed E-state index contributed by atoms with van der Waals surface area (Å²) in [5, 5.41) is 4.11. The molecule has 0 radical (unpaired) electrons. The number of alkyl halides is 3. The number of ether oxygens (including phenoxy) is 1. The van der Waals surface area contributed by atoms with Crippen molar-refractivity contribution in [3.8, 4) is 0 Å². The second-order valence-electron chi connectivity index (χ2n) is 9.76. The van der Waals surface area contributed by atoms with Gasteiger partial charge in [-0.1, -0.05) is 13.0 Å². The van der Waals surface area contributed by atoms with Gasteiger partial charge < -0.3 is 14.5 Å². The first-order valence-corrected chi connectivity index (χ1v) is 12.4. The topological polar surface area (TPSA) is 70.9 Å². The quantitative estimate of drug-likeness (QED) is 0.581. The van der Waals surface area contributed by atoms with E-state index < -0.39 is 11.7 Å². The molecule has 1 aromatic carbocycles. The molecule has 4 heterocycles. The Hall–Kier alpha value is -2.92. The highest BCUT2D eigenvalue weighted by atomic mass is 19.4. The number of nitrogens with zero attached hydrogens (tertiary/aromatic N) is 5. The van der Waals surface area contributed by atoms with Gasteiger partial charge in [-0.25, -0.2) is 4.79 Å². The van der Waals surface area contributed by atoms with Crippen LogP contribution in [0.4, 0.5) is 23.7 Å². The summed E-state index contributed by atoms with van der Waals surface area (Å²) < 4.78 is 48.3. The Labute approximate surface area is 207 Å². The Balaban J connectivity index is 1.22. The Bertz CT molecular complexity index is 1110. The smallest absolute Gasteiger partial charge is 0.378 e. The minimum atomic E-state index is -4.43. The third-order valence-electron chi connectivity index (χ3n) is 7.39. The standard InChI is InChI=1S/C25H30F3N5O3/c1-2-23(34)22-5-6-33(29-22)24(35)32-15-18-13-30(14-19(18)16-32)12-17-3-4-20(11-21(17)25(26,27)28)31-7-9-36-10-8-31/h3-6,11,18-19H,2,7-10,12-16H2,1H3. The van der Waals surface area contributed by atoms with Gasteiger partial charge in [0.25, 0.3) is 0 Å². The first-order chi connectivity index (χ1) is 17.2. The predicted molar refractivity (Wildman–Crippen MR) is 126 cm³/mol. The number of hydrogen-bond donors (Lipinski definition) is 0. The summed E-state index contributed by atoms with van der Waals surface area (Å²) in [6, 6.07) is 5.91. The van der Waals surface area contributed by atoms with E-state index in [2.05, 4.69) is 10.00 Å². The molecule has 3 fully saturated rings. The van der Waals surface area contributed by atoms with Gasteiger partial charge in [-0.15, -0.1) is 0 Å². The molecule has 3 saturated heterocycles. The number of halogens is 3. The van der Waals surface area contributed by atoms with Gasteiger partial charge in [-0.05, 0) is 35.6 Å². The summed E-state index contributed by atoms with van der Waals surface area (Å²) in [4.78, 5) is 30.4. The fourth-order valence-electron chi connectivity index (χ4n) is 5.51. The van der Waals surface area contributed by atoms with Crippen LogP contribution in [0.5, 0.6) is 0 Å². The highest BCUT2D eigenvalue weighted by Gasteiger charge is 2.43. The molecule has 194 valence electrons. The normalized spacial score (nSPS) is 22.8. The van der Waals surface area contributed by atoms with E-state index in [1.807, 2.05) is 4.90 Å². The summed E-state index contributed by atoms with van der Waals surface area (Å²) in [5.41, 5.74) is 0.536. The third kappa shape index (κ3) is 4.99. The van der Waals surface area contributed by atoms with Crippen molar-refractivity contribution in [2.24, 2.45) is 11.8 Å². The van der Waals surface area contributed by atoms with Gasteiger partial charge in [0.2, 0.25) is 0 Å². The number of carbonyl (C=O) groups is 2. The summed E-state index contributed by atoms with van der Waals surface area (Å²) in [7, 11) is 0. The second-order valence-corrected chi connectivity index (χ2v) is 9.76. The number of hydrogen-bond acceptors (Lipinski definition) is 6. The first-order valence-electron chi connectivity index (χ1n) is 12.4. The van der Waals surface area contributed by atoms with Crippen LogP contribution >= 0.6 is 0 Å². The Morgan fingerprint density at radius 1 is 1.06 bits per heavy atom. The van der Waals surface area contributed by atoms with Crippen LogP contribution in [0.1, 0.15) is 35.0 Å². The second kappa shape index (κ2) is 9.85. The van der Waals surface area contributed by atoms with Gasteiger partial charge in [0.05, 0.1) is 18.8 Å². The zero-order chi connectivity index (χ0) is 25.4. The molecule has 0 spiro atoms. The van der Waals surface area contributed by atoms with Crippen molar-refractivity contribution in [2.45, 2.75) is 26.1 Å². The molecule has 3 aliphatic rings. The van der Waals surface area contributed by atoms with Crippen molar-refractivity contribution in [3.63, 3.8) is 0 Å². The van der Waals surface area contributed by atoms with Crippen LogP contribution in [0.15, 0.2) is 30.5 Å². The number of aromatic nitrogens is 2. The van der Waals surface area contributed by atoms with Crippen LogP contribution in [0.25, 0.3) is 0 Å². The molecule has 8 nitrogen and oxygen atoms in total. The number of carbonyl (C=O) groups excluding carboxylic acids is 2. The number of rotatable bonds is 5. The molecule has 2 atom stereocenters. The zero-order valence-electron chi connectivity index (χ0n) is 20.2. The van der Waals surface area contributed by atoms with E-state index >= 15 is 0 Å². The highest BCUT2D eigenvalue weighted by Crippen LogP contribution is 2.37. The minimum absolute atomic E-state index is 0.119. The Morgan fingerprint density at radius 2 is 1.75 bits per heavy atom. The van der Waals surface area contributed by atoms with E-state index in [1.165, 1.54) is 16.9 Å². The molecule has 1 amide bonds. The van der Waals surface area contributed by atoms with Gasteiger partial charge in [0.1, 0.15) is 5.69 Å². The van der Waals surface area contributed by atoms with Gasteiger partial charge in [-0.3, -0.25) is 9.69 Å². The van der Waals surface area contributed by atoms with Crippen LogP contribution in [0, 0.1) is 11.8 Å². The molecule has 0 saturated carbocycles. The van der Waals surface area contributed by atoms with Crippen LogP contribution in [-0.2, 0) is 17.5 Å². The maximum atomic E-state index is 13.9. The minimum Gasteiger partial charge on any atom is -0.378 e. The lowest BCUT2D eigenvalue weighted by molar-refractivity contribution is -0.138. The maximum absolute atomic E-state index is 13.9.